The maximum Gasteiger partial charge on any atom is 0.0618 e. The molecule has 0 saturated carbocycles. The van der Waals surface area contributed by atoms with Gasteiger partial charge in [0, 0.05) is 25.5 Å². The summed E-state index contributed by atoms with van der Waals surface area (Å²) in [5.74, 6) is 0. The van der Waals surface area contributed by atoms with Crippen molar-refractivity contribution in [1.29, 1.82) is 0 Å². The van der Waals surface area contributed by atoms with Crippen molar-refractivity contribution in [2.45, 2.75) is 52.4 Å². The van der Waals surface area contributed by atoms with Crippen LogP contribution in [0.5, 0.6) is 0 Å². The average Bonchev–Trinajstić information content (AvgIpc) is 3.25. The lowest BCUT2D eigenvalue weighted by molar-refractivity contribution is 0.590. The lowest BCUT2D eigenvalue weighted by Crippen LogP contribution is -2.10. The molecule has 5 aromatic carbocycles. The van der Waals surface area contributed by atoms with E-state index in [4.69, 9.17) is 0 Å². The summed E-state index contributed by atoms with van der Waals surface area (Å²) >= 11 is 2.43. The van der Waals surface area contributed by atoms with Crippen LogP contribution in [0.2, 0.25) is 0 Å². The van der Waals surface area contributed by atoms with Gasteiger partial charge in [-0.05, 0) is 79.9 Å². The Bertz CT molecular complexity index is 1760. The minimum atomic E-state index is 0.113. The first-order valence-electron chi connectivity index (χ1n) is 14.1. The highest BCUT2D eigenvalue weighted by atomic mass is 127. The van der Waals surface area contributed by atoms with E-state index in [0.29, 0.717) is 0 Å². The Morgan fingerprint density at radius 2 is 1.00 bits per heavy atom. The molecular weight excluding hydrogens is 597 g/mol. The minimum Gasteiger partial charge on any atom is -0.308 e. The van der Waals surface area contributed by atoms with Crippen LogP contribution in [0.1, 0.15) is 52.7 Å². The van der Waals surface area contributed by atoms with Gasteiger partial charge in [0.25, 0.3) is 0 Å². The SMILES string of the molecule is CC(C)(C)c1ccc(-c2cccc(-c3ccc(C(C)(C)C)cc3)c2-n2c3ccccc3c3cc(I)ccc32)cc1. The van der Waals surface area contributed by atoms with Gasteiger partial charge < -0.3 is 4.57 Å². The minimum absolute atomic E-state index is 0.113. The van der Waals surface area contributed by atoms with Crippen molar-refractivity contribution in [2.75, 3.05) is 0 Å². The topological polar surface area (TPSA) is 4.93 Å². The predicted octanol–water partition coefficient (Wildman–Crippen LogP) is 11.3. The van der Waals surface area contributed by atoms with Crippen LogP contribution in [0.15, 0.2) is 109 Å². The smallest absolute Gasteiger partial charge is 0.0618 e. The Morgan fingerprint density at radius 1 is 0.500 bits per heavy atom. The summed E-state index contributed by atoms with van der Waals surface area (Å²) in [5.41, 5.74) is 11.5. The van der Waals surface area contributed by atoms with Crippen LogP contribution in [-0.4, -0.2) is 4.57 Å². The molecule has 6 rings (SSSR count). The van der Waals surface area contributed by atoms with Crippen LogP contribution in [0, 0.1) is 3.57 Å². The summed E-state index contributed by atoms with van der Waals surface area (Å²) in [6.07, 6.45) is 0. The van der Waals surface area contributed by atoms with E-state index >= 15 is 0 Å². The zero-order valence-electron chi connectivity index (χ0n) is 24.2. The molecule has 6 aromatic rings. The van der Waals surface area contributed by atoms with Gasteiger partial charge in [-0.25, -0.2) is 0 Å². The van der Waals surface area contributed by atoms with Gasteiger partial charge in [-0.2, -0.15) is 0 Å². The molecule has 200 valence electrons. The van der Waals surface area contributed by atoms with Crippen LogP contribution >= 0.6 is 22.6 Å². The summed E-state index contributed by atoms with van der Waals surface area (Å²) in [6, 6.07) is 40.7. The Kier molecular flexibility index (Phi) is 6.65. The number of hydrogen-bond donors (Lipinski definition) is 0. The summed E-state index contributed by atoms with van der Waals surface area (Å²) < 4.78 is 3.73. The average molecular weight is 634 g/mol. The van der Waals surface area contributed by atoms with E-state index in [2.05, 4.69) is 178 Å². The van der Waals surface area contributed by atoms with Gasteiger partial charge in [0.15, 0.2) is 0 Å². The van der Waals surface area contributed by atoms with Crippen LogP contribution in [0.25, 0.3) is 49.7 Å². The van der Waals surface area contributed by atoms with Crippen LogP contribution < -0.4 is 0 Å². The molecule has 0 saturated heterocycles. The highest BCUT2D eigenvalue weighted by molar-refractivity contribution is 14.1. The van der Waals surface area contributed by atoms with E-state index in [1.54, 1.807) is 0 Å². The Labute approximate surface area is 252 Å². The highest BCUT2D eigenvalue weighted by Crippen LogP contribution is 2.42. The van der Waals surface area contributed by atoms with E-state index in [0.717, 1.165) is 0 Å². The number of rotatable bonds is 3. The molecule has 0 aliphatic rings. The van der Waals surface area contributed by atoms with E-state index in [1.807, 2.05) is 0 Å². The van der Waals surface area contributed by atoms with Crippen molar-refractivity contribution in [2.24, 2.45) is 0 Å². The van der Waals surface area contributed by atoms with E-state index < -0.39 is 0 Å². The number of benzene rings is 5. The van der Waals surface area contributed by atoms with Gasteiger partial charge in [0.05, 0.1) is 16.7 Å². The van der Waals surface area contributed by atoms with Crippen molar-refractivity contribution in [3.05, 3.63) is 124 Å². The Morgan fingerprint density at radius 3 is 1.52 bits per heavy atom. The molecule has 0 radical (unpaired) electrons. The highest BCUT2D eigenvalue weighted by Gasteiger charge is 2.21. The standard InChI is InChI=1S/C38H36IN/c1-37(2,3)27-18-14-25(15-19-27)30-11-9-12-31(26-16-20-28(21-17-26)38(4,5)6)36(30)40-34-13-8-7-10-32(34)33-24-29(39)22-23-35(33)40/h7-24H,1-6H3. The molecule has 0 aliphatic heterocycles. The maximum absolute atomic E-state index is 2.49. The molecule has 1 nitrogen and oxygen atoms in total. The zero-order chi connectivity index (χ0) is 28.2. The number of halogens is 1. The van der Waals surface area contributed by atoms with Crippen molar-refractivity contribution in [1.82, 2.24) is 4.57 Å². The number of nitrogens with zero attached hydrogens (tertiary/aromatic N) is 1. The Hall–Kier alpha value is -3.37. The third kappa shape index (κ3) is 4.77. The number of para-hydroxylation sites is 2. The van der Waals surface area contributed by atoms with Crippen molar-refractivity contribution in [3.63, 3.8) is 0 Å². The molecular formula is C38H36IN. The van der Waals surface area contributed by atoms with Crippen molar-refractivity contribution < 1.29 is 0 Å². The summed E-state index contributed by atoms with van der Waals surface area (Å²) in [5, 5.41) is 2.57. The fourth-order valence-electron chi connectivity index (χ4n) is 5.74. The predicted molar refractivity (Wildman–Crippen MR) is 182 cm³/mol. The first-order valence-corrected chi connectivity index (χ1v) is 15.1. The van der Waals surface area contributed by atoms with Gasteiger partial charge in [-0.1, -0.05) is 126 Å². The van der Waals surface area contributed by atoms with Gasteiger partial charge in [0.2, 0.25) is 0 Å². The summed E-state index contributed by atoms with van der Waals surface area (Å²) in [6.45, 7) is 13.6. The van der Waals surface area contributed by atoms with E-state index in [9.17, 15) is 0 Å². The van der Waals surface area contributed by atoms with E-state index in [-0.39, 0.29) is 10.8 Å². The van der Waals surface area contributed by atoms with Crippen LogP contribution in [0.3, 0.4) is 0 Å². The molecule has 0 amide bonds. The molecule has 40 heavy (non-hydrogen) atoms. The van der Waals surface area contributed by atoms with Gasteiger partial charge in [0.1, 0.15) is 0 Å². The van der Waals surface area contributed by atoms with Gasteiger partial charge in [-0.3, -0.25) is 0 Å². The molecule has 2 heteroatoms. The van der Waals surface area contributed by atoms with Gasteiger partial charge >= 0.3 is 0 Å². The molecule has 1 heterocycles. The number of aromatic nitrogens is 1. The number of hydrogen-bond acceptors (Lipinski definition) is 0. The number of fused-ring (bicyclic) bond motifs is 3. The first-order chi connectivity index (χ1) is 19.0. The normalized spacial score (nSPS) is 12.4. The fourth-order valence-corrected chi connectivity index (χ4v) is 6.23. The second-order valence-corrected chi connectivity index (χ2v) is 14.1. The quantitative estimate of drug-likeness (QED) is 0.171. The molecule has 0 spiro atoms. The van der Waals surface area contributed by atoms with Crippen LogP contribution in [0.4, 0.5) is 0 Å². The molecule has 0 atom stereocenters. The van der Waals surface area contributed by atoms with Crippen molar-refractivity contribution >= 4 is 44.4 Å². The summed E-state index contributed by atoms with van der Waals surface area (Å²) in [7, 11) is 0. The van der Waals surface area contributed by atoms with Gasteiger partial charge in [-0.15, -0.1) is 0 Å². The zero-order valence-corrected chi connectivity index (χ0v) is 26.4. The molecule has 1 aromatic heterocycles. The second-order valence-electron chi connectivity index (χ2n) is 12.9. The molecule has 0 aliphatic carbocycles. The largest absolute Gasteiger partial charge is 0.308 e. The molecule has 0 fully saturated rings. The third-order valence-corrected chi connectivity index (χ3v) is 8.69. The van der Waals surface area contributed by atoms with E-state index in [1.165, 1.54) is 64.4 Å². The van der Waals surface area contributed by atoms with Crippen molar-refractivity contribution in [3.8, 4) is 27.9 Å². The lowest BCUT2D eigenvalue weighted by atomic mass is 9.85. The lowest BCUT2D eigenvalue weighted by Gasteiger charge is -2.22. The second kappa shape index (κ2) is 9.92. The molecule has 0 unspecified atom stereocenters. The van der Waals surface area contributed by atoms with Crippen LogP contribution in [-0.2, 0) is 10.8 Å². The fraction of sp³-hybridized carbons (Fsp3) is 0.211. The monoisotopic (exact) mass is 633 g/mol. The first kappa shape index (κ1) is 26.8. The molecule has 0 N–H and O–H groups in total. The summed E-state index contributed by atoms with van der Waals surface area (Å²) in [4.78, 5) is 0. The third-order valence-electron chi connectivity index (χ3n) is 8.02. The maximum atomic E-state index is 2.49. The molecule has 0 bridgehead atoms. The Balaban J connectivity index is 1.69.